The highest BCUT2D eigenvalue weighted by atomic mass is 32.1. The van der Waals surface area contributed by atoms with Gasteiger partial charge in [0.05, 0.1) is 17.1 Å². The molecular weight excluding hydrogens is 302 g/mol. The van der Waals surface area contributed by atoms with Crippen LogP contribution in [0, 0.1) is 0 Å². The van der Waals surface area contributed by atoms with E-state index in [1.165, 1.54) is 32.6 Å². The maximum Gasteiger partial charge on any atom is 0.217 e. The van der Waals surface area contributed by atoms with Gasteiger partial charge in [-0.05, 0) is 25.0 Å². The Hall–Kier alpha value is -1.40. The van der Waals surface area contributed by atoms with Gasteiger partial charge in [0.1, 0.15) is 0 Å². The van der Waals surface area contributed by atoms with E-state index >= 15 is 0 Å². The number of anilines is 1. The first-order valence-corrected chi connectivity index (χ1v) is 8.96. The van der Waals surface area contributed by atoms with Gasteiger partial charge in [-0.2, -0.15) is 0 Å². The molecule has 0 aromatic carbocycles. The zero-order chi connectivity index (χ0) is 14.7. The fourth-order valence-electron chi connectivity index (χ4n) is 2.52. The van der Waals surface area contributed by atoms with Crippen LogP contribution in [-0.2, 0) is 11.3 Å². The molecule has 2 heterocycles. The highest BCUT2D eigenvalue weighted by Crippen LogP contribution is 2.32. The monoisotopic (exact) mass is 321 g/mol. The molecule has 0 unspecified atom stereocenters. The third kappa shape index (κ3) is 3.83. The minimum absolute atomic E-state index is 0.00154. The normalized spacial score (nSPS) is 15.3. The van der Waals surface area contributed by atoms with Crippen LogP contribution in [0.4, 0.5) is 5.13 Å². The van der Waals surface area contributed by atoms with Crippen molar-refractivity contribution in [2.24, 2.45) is 0 Å². The summed E-state index contributed by atoms with van der Waals surface area (Å²) >= 11 is 3.36. The largest absolute Gasteiger partial charge is 0.359 e. The van der Waals surface area contributed by atoms with Gasteiger partial charge in [-0.15, -0.1) is 22.7 Å². The van der Waals surface area contributed by atoms with E-state index in [1.807, 2.05) is 0 Å². The lowest BCUT2D eigenvalue weighted by Gasteiger charge is -2.09. The van der Waals surface area contributed by atoms with Crippen LogP contribution in [0.15, 0.2) is 17.5 Å². The SMILES string of the molecule is CC(=O)NCc1ccc(-c2csc(NC3CCCC3)n2)s1. The molecule has 0 spiro atoms. The Morgan fingerprint density at radius 1 is 1.38 bits per heavy atom. The molecule has 4 nitrogen and oxygen atoms in total. The number of nitrogens with zero attached hydrogens (tertiary/aromatic N) is 1. The van der Waals surface area contributed by atoms with E-state index in [0.29, 0.717) is 12.6 Å². The first kappa shape index (κ1) is 14.5. The Morgan fingerprint density at radius 2 is 2.19 bits per heavy atom. The van der Waals surface area contributed by atoms with Crippen molar-refractivity contribution in [3.05, 3.63) is 22.4 Å². The van der Waals surface area contributed by atoms with Gasteiger partial charge in [0.15, 0.2) is 5.13 Å². The second kappa shape index (κ2) is 6.58. The van der Waals surface area contributed by atoms with Gasteiger partial charge < -0.3 is 10.6 Å². The molecule has 0 bridgehead atoms. The quantitative estimate of drug-likeness (QED) is 0.879. The maximum atomic E-state index is 10.9. The zero-order valence-electron chi connectivity index (χ0n) is 12.0. The van der Waals surface area contributed by atoms with Gasteiger partial charge in [0, 0.05) is 23.2 Å². The molecule has 3 rings (SSSR count). The third-order valence-electron chi connectivity index (χ3n) is 3.61. The van der Waals surface area contributed by atoms with Crippen molar-refractivity contribution in [3.63, 3.8) is 0 Å². The summed E-state index contributed by atoms with van der Waals surface area (Å²) in [5, 5.41) is 9.48. The number of aromatic nitrogens is 1. The van der Waals surface area contributed by atoms with Crippen molar-refractivity contribution < 1.29 is 4.79 Å². The summed E-state index contributed by atoms with van der Waals surface area (Å²) in [4.78, 5) is 17.9. The van der Waals surface area contributed by atoms with E-state index in [1.54, 1.807) is 22.7 Å². The first-order chi connectivity index (χ1) is 10.2. The lowest BCUT2D eigenvalue weighted by Crippen LogP contribution is -2.17. The number of hydrogen-bond acceptors (Lipinski definition) is 5. The van der Waals surface area contributed by atoms with E-state index in [2.05, 4.69) is 33.1 Å². The number of hydrogen-bond donors (Lipinski definition) is 2. The highest BCUT2D eigenvalue weighted by Gasteiger charge is 2.16. The Kier molecular flexibility index (Phi) is 4.55. The van der Waals surface area contributed by atoms with Gasteiger partial charge in [-0.25, -0.2) is 4.98 Å². The molecule has 1 amide bonds. The van der Waals surface area contributed by atoms with Gasteiger partial charge in [0.2, 0.25) is 5.91 Å². The summed E-state index contributed by atoms with van der Waals surface area (Å²) in [5.41, 5.74) is 1.03. The van der Waals surface area contributed by atoms with E-state index in [0.717, 1.165) is 20.6 Å². The van der Waals surface area contributed by atoms with Crippen molar-refractivity contribution in [1.29, 1.82) is 0 Å². The van der Waals surface area contributed by atoms with Crippen molar-refractivity contribution in [2.45, 2.75) is 45.2 Å². The summed E-state index contributed by atoms with van der Waals surface area (Å²) in [5.74, 6) is 0.00154. The average Bonchev–Trinajstić information content (AvgIpc) is 3.18. The topological polar surface area (TPSA) is 54.0 Å². The average molecular weight is 321 g/mol. The lowest BCUT2D eigenvalue weighted by atomic mass is 10.3. The molecule has 1 aliphatic rings. The maximum absolute atomic E-state index is 10.9. The lowest BCUT2D eigenvalue weighted by molar-refractivity contribution is -0.119. The fourth-order valence-corrected chi connectivity index (χ4v) is 4.29. The Balaban J connectivity index is 1.63. The second-order valence-corrected chi connectivity index (χ2v) is 7.37. The number of nitrogens with one attached hydrogen (secondary N) is 2. The minimum Gasteiger partial charge on any atom is -0.359 e. The Bertz CT molecular complexity index is 614. The Morgan fingerprint density at radius 3 is 2.95 bits per heavy atom. The predicted molar refractivity (Wildman–Crippen MR) is 88.8 cm³/mol. The van der Waals surface area contributed by atoms with Crippen LogP contribution in [0.25, 0.3) is 10.6 Å². The number of carbonyl (C=O) groups excluding carboxylic acids is 1. The summed E-state index contributed by atoms with van der Waals surface area (Å²) in [6.45, 7) is 2.13. The smallest absolute Gasteiger partial charge is 0.217 e. The molecule has 2 aromatic heterocycles. The molecule has 0 aliphatic heterocycles. The number of thiazole rings is 1. The van der Waals surface area contributed by atoms with Crippen molar-refractivity contribution in [1.82, 2.24) is 10.3 Å². The summed E-state index contributed by atoms with van der Waals surface area (Å²) in [6.07, 6.45) is 5.17. The zero-order valence-corrected chi connectivity index (χ0v) is 13.6. The summed E-state index contributed by atoms with van der Waals surface area (Å²) in [7, 11) is 0. The number of amides is 1. The second-order valence-electron chi connectivity index (χ2n) is 5.34. The molecule has 1 saturated carbocycles. The molecule has 2 aromatic rings. The molecule has 0 radical (unpaired) electrons. The van der Waals surface area contributed by atoms with Gasteiger partial charge in [0.25, 0.3) is 0 Å². The number of carbonyl (C=O) groups is 1. The molecule has 1 aliphatic carbocycles. The van der Waals surface area contributed by atoms with Crippen molar-refractivity contribution >= 4 is 33.7 Å². The van der Waals surface area contributed by atoms with E-state index in [4.69, 9.17) is 0 Å². The van der Waals surface area contributed by atoms with Gasteiger partial charge >= 0.3 is 0 Å². The van der Waals surface area contributed by atoms with Crippen LogP contribution in [0.1, 0.15) is 37.5 Å². The highest BCUT2D eigenvalue weighted by molar-refractivity contribution is 7.17. The molecular formula is C15H19N3OS2. The van der Waals surface area contributed by atoms with Crippen LogP contribution in [0.3, 0.4) is 0 Å². The van der Waals surface area contributed by atoms with Crippen LogP contribution in [-0.4, -0.2) is 16.9 Å². The van der Waals surface area contributed by atoms with E-state index in [-0.39, 0.29) is 5.91 Å². The number of thiophene rings is 1. The Labute approximate surface area is 132 Å². The summed E-state index contributed by atoms with van der Waals surface area (Å²) < 4.78 is 0. The van der Waals surface area contributed by atoms with Crippen LogP contribution in [0.5, 0.6) is 0 Å². The molecule has 0 atom stereocenters. The molecule has 112 valence electrons. The van der Waals surface area contributed by atoms with Crippen LogP contribution in [0.2, 0.25) is 0 Å². The third-order valence-corrected chi connectivity index (χ3v) is 5.49. The molecule has 0 saturated heterocycles. The molecule has 2 N–H and O–H groups in total. The number of rotatable bonds is 5. The van der Waals surface area contributed by atoms with Gasteiger partial charge in [-0.3, -0.25) is 4.79 Å². The summed E-state index contributed by atoms with van der Waals surface area (Å²) in [6, 6.07) is 4.73. The van der Waals surface area contributed by atoms with Crippen LogP contribution >= 0.6 is 22.7 Å². The van der Waals surface area contributed by atoms with Gasteiger partial charge in [-0.1, -0.05) is 12.8 Å². The van der Waals surface area contributed by atoms with Crippen molar-refractivity contribution in [2.75, 3.05) is 5.32 Å². The molecule has 21 heavy (non-hydrogen) atoms. The predicted octanol–water partition coefficient (Wildman–Crippen LogP) is 3.86. The van der Waals surface area contributed by atoms with Crippen LogP contribution < -0.4 is 10.6 Å². The fraction of sp³-hybridized carbons (Fsp3) is 0.467. The standard InChI is InChI=1S/C15H19N3OS2/c1-10(19)16-8-12-6-7-14(21-12)13-9-20-15(18-13)17-11-4-2-3-5-11/h6-7,9,11H,2-5,8H2,1H3,(H,16,19)(H,17,18). The molecule has 6 heteroatoms. The first-order valence-electron chi connectivity index (χ1n) is 7.26. The van der Waals surface area contributed by atoms with E-state index in [9.17, 15) is 4.79 Å². The minimum atomic E-state index is 0.00154. The molecule has 1 fully saturated rings. The van der Waals surface area contributed by atoms with Crippen molar-refractivity contribution in [3.8, 4) is 10.6 Å². The van der Waals surface area contributed by atoms with E-state index < -0.39 is 0 Å².